The summed E-state index contributed by atoms with van der Waals surface area (Å²) in [7, 11) is 0. The van der Waals surface area contributed by atoms with Crippen LogP contribution in [-0.4, -0.2) is 34.6 Å². The maximum atomic E-state index is 13.9. The molecule has 4 aliphatic rings. The highest BCUT2D eigenvalue weighted by Crippen LogP contribution is 2.68. The minimum Gasteiger partial charge on any atom is -0.462 e. The Morgan fingerprint density at radius 3 is 2.39 bits per heavy atom. The fraction of sp³-hybridized carbons (Fsp3) is 0.357. The molecule has 2 aromatic carbocycles. The molecule has 10 heteroatoms. The van der Waals surface area contributed by atoms with Gasteiger partial charge in [0.1, 0.15) is 0 Å². The van der Waals surface area contributed by atoms with Crippen molar-refractivity contribution in [2.24, 2.45) is 29.6 Å². The summed E-state index contributed by atoms with van der Waals surface area (Å²) in [5.41, 5.74) is 1.94. The molecule has 1 N–H and O–H groups in total. The molecule has 2 aliphatic carbocycles. The number of nitrogens with zero attached hydrogens (tertiary/aromatic N) is 1. The molecule has 194 valence electrons. The molecular weight excluding hydrogens is 544 g/mol. The van der Waals surface area contributed by atoms with Gasteiger partial charge in [0.2, 0.25) is 11.8 Å². The minimum atomic E-state index is -0.437. The first-order valence-electron chi connectivity index (χ1n) is 12.7. The highest BCUT2D eigenvalue weighted by Gasteiger charge is 2.69. The number of aromatic amines is 1. The summed E-state index contributed by atoms with van der Waals surface area (Å²) in [4.78, 5) is 57.3. The first-order chi connectivity index (χ1) is 18.4. The van der Waals surface area contributed by atoms with Crippen LogP contribution >= 0.6 is 34.7 Å². The summed E-state index contributed by atoms with van der Waals surface area (Å²) in [6.45, 7) is 2.01. The molecule has 2 bridgehead atoms. The molecule has 7 nitrogen and oxygen atoms in total. The van der Waals surface area contributed by atoms with Crippen LogP contribution in [0.1, 0.15) is 40.1 Å². The summed E-state index contributed by atoms with van der Waals surface area (Å²) in [6.07, 6.45) is 0.827. The van der Waals surface area contributed by atoms with Crippen LogP contribution in [0.5, 0.6) is 0 Å². The molecule has 38 heavy (non-hydrogen) atoms. The predicted octanol–water partition coefficient (Wildman–Crippen LogP) is 4.94. The third-order valence-corrected chi connectivity index (χ3v) is 11.4. The number of H-pyrrole nitrogens is 1. The van der Waals surface area contributed by atoms with Gasteiger partial charge in [-0.25, -0.2) is 4.79 Å². The van der Waals surface area contributed by atoms with E-state index in [4.69, 9.17) is 16.3 Å². The molecule has 2 aliphatic heterocycles. The number of carbonyl (C=O) groups excluding carboxylic acids is 3. The quantitative estimate of drug-likeness (QED) is 0.355. The van der Waals surface area contributed by atoms with E-state index in [-0.39, 0.29) is 64.1 Å². The molecule has 3 aromatic rings. The Kier molecular flexibility index (Phi) is 5.62. The smallest absolute Gasteiger partial charge is 0.338 e. The zero-order valence-corrected chi connectivity index (χ0v) is 22.6. The van der Waals surface area contributed by atoms with Crippen molar-refractivity contribution < 1.29 is 19.1 Å². The van der Waals surface area contributed by atoms with Crippen LogP contribution in [0.25, 0.3) is 0 Å². The van der Waals surface area contributed by atoms with Gasteiger partial charge in [-0.2, -0.15) is 0 Å². The molecule has 7 atom stereocenters. The van der Waals surface area contributed by atoms with Crippen molar-refractivity contribution in [3.63, 3.8) is 0 Å². The molecule has 1 aromatic heterocycles. The van der Waals surface area contributed by atoms with Gasteiger partial charge in [0, 0.05) is 21.1 Å². The van der Waals surface area contributed by atoms with Gasteiger partial charge >= 0.3 is 10.8 Å². The first-order valence-corrected chi connectivity index (χ1v) is 14.7. The van der Waals surface area contributed by atoms with Gasteiger partial charge in [-0.3, -0.25) is 19.3 Å². The molecular formula is C28H23ClN2O5S2. The van der Waals surface area contributed by atoms with Crippen molar-refractivity contribution >= 4 is 58.2 Å². The van der Waals surface area contributed by atoms with E-state index >= 15 is 0 Å². The van der Waals surface area contributed by atoms with E-state index in [9.17, 15) is 19.2 Å². The van der Waals surface area contributed by atoms with Crippen LogP contribution in [-0.2, 0) is 14.3 Å². The zero-order valence-electron chi connectivity index (χ0n) is 20.3. The number of aromatic nitrogens is 1. The average Bonchev–Trinajstić information content (AvgIpc) is 3.64. The van der Waals surface area contributed by atoms with E-state index < -0.39 is 5.97 Å². The van der Waals surface area contributed by atoms with Gasteiger partial charge < -0.3 is 9.72 Å². The van der Waals surface area contributed by atoms with E-state index in [0.29, 0.717) is 16.3 Å². The molecule has 3 fully saturated rings. The summed E-state index contributed by atoms with van der Waals surface area (Å²) in [5.74, 6) is -1.34. The van der Waals surface area contributed by atoms with Crippen molar-refractivity contribution in [1.82, 2.24) is 4.98 Å². The number of esters is 1. The second-order valence-electron chi connectivity index (χ2n) is 10.3. The standard InChI is InChI=1S/C28H23ClN2O5S2/c1-2-36-27(34)13-5-9-15(10-6-13)31-25(32)20-16-11-17(21(20)26(31)33)22-19(16)18(12-3-7-14(29)8-4-12)23-24(37-22)30-28(35)38-23/h3-10,16-22H,2,11H2,1H3,(H,30,35)/t16?,17?,18-,19?,20?,21?,22?/m1/s1. The van der Waals surface area contributed by atoms with Crippen molar-refractivity contribution in [3.8, 4) is 0 Å². The summed E-state index contributed by atoms with van der Waals surface area (Å²) < 4.78 is 5.05. The Morgan fingerprint density at radius 1 is 1.03 bits per heavy atom. The number of rotatable bonds is 4. The zero-order chi connectivity index (χ0) is 26.3. The number of amides is 2. The van der Waals surface area contributed by atoms with Gasteiger partial charge in [0.05, 0.1) is 34.7 Å². The van der Waals surface area contributed by atoms with Crippen molar-refractivity contribution in [3.05, 3.63) is 79.2 Å². The fourth-order valence-electron chi connectivity index (χ4n) is 7.28. The second kappa shape index (κ2) is 8.83. The molecule has 2 saturated carbocycles. The lowest BCUT2D eigenvalue weighted by atomic mass is 9.68. The van der Waals surface area contributed by atoms with Crippen molar-refractivity contribution in [1.29, 1.82) is 0 Å². The van der Waals surface area contributed by atoms with Crippen molar-refractivity contribution in [2.45, 2.75) is 29.5 Å². The Labute approximate surface area is 231 Å². The molecule has 0 spiro atoms. The molecule has 2 amide bonds. The van der Waals surface area contributed by atoms with E-state index in [0.717, 1.165) is 21.9 Å². The lowest BCUT2D eigenvalue weighted by Gasteiger charge is -2.43. The summed E-state index contributed by atoms with van der Waals surface area (Å²) in [6, 6.07) is 14.2. The summed E-state index contributed by atoms with van der Waals surface area (Å²) >= 11 is 9.09. The number of hydrogen-bond acceptors (Lipinski definition) is 7. The lowest BCUT2D eigenvalue weighted by Crippen LogP contribution is -2.42. The van der Waals surface area contributed by atoms with Gasteiger partial charge in [0.15, 0.2) is 0 Å². The maximum Gasteiger partial charge on any atom is 0.338 e. The predicted molar refractivity (Wildman–Crippen MR) is 145 cm³/mol. The molecule has 1 saturated heterocycles. The monoisotopic (exact) mass is 566 g/mol. The molecule has 3 heterocycles. The third kappa shape index (κ3) is 3.41. The number of nitrogens with one attached hydrogen (secondary N) is 1. The van der Waals surface area contributed by atoms with Crippen LogP contribution in [0.15, 0.2) is 58.4 Å². The SMILES string of the molecule is CCOC(=O)c1ccc(N2C(=O)C3C4CC(C3C2=O)C2C4Sc3[nH]c(=O)sc3[C@@H]2c2ccc(Cl)cc2)cc1. The minimum absolute atomic E-state index is 0.0331. The van der Waals surface area contributed by atoms with Gasteiger partial charge in [-0.1, -0.05) is 35.1 Å². The van der Waals surface area contributed by atoms with E-state index in [1.54, 1.807) is 43.0 Å². The van der Waals surface area contributed by atoms with Crippen LogP contribution in [0, 0.1) is 29.6 Å². The number of thioether (sulfide) groups is 1. The number of ether oxygens (including phenoxy) is 1. The van der Waals surface area contributed by atoms with Crippen LogP contribution in [0.2, 0.25) is 5.02 Å². The van der Waals surface area contributed by atoms with Crippen LogP contribution in [0.3, 0.4) is 0 Å². The Balaban J connectivity index is 1.25. The number of thiazole rings is 1. The number of fused-ring (bicyclic) bond motifs is 9. The van der Waals surface area contributed by atoms with E-state index in [1.165, 1.54) is 16.2 Å². The number of imide groups is 1. The normalized spacial score (nSPS) is 30.8. The van der Waals surface area contributed by atoms with Gasteiger partial charge in [-0.15, -0.1) is 11.8 Å². The third-order valence-electron chi connectivity index (χ3n) is 8.59. The Hall–Kier alpha value is -2.88. The second-order valence-corrected chi connectivity index (χ2v) is 12.9. The highest BCUT2D eigenvalue weighted by molar-refractivity contribution is 8.00. The lowest BCUT2D eigenvalue weighted by molar-refractivity contribution is -0.123. The summed E-state index contributed by atoms with van der Waals surface area (Å²) in [5, 5.41) is 1.66. The first kappa shape index (κ1) is 24.2. The average molecular weight is 567 g/mol. The van der Waals surface area contributed by atoms with Gasteiger partial charge in [-0.05, 0) is 73.1 Å². The molecule has 7 rings (SSSR count). The number of benzene rings is 2. The molecule has 0 radical (unpaired) electrons. The van der Waals surface area contributed by atoms with E-state index in [1.807, 2.05) is 24.3 Å². The fourth-order valence-corrected chi connectivity index (χ4v) is 10.3. The highest BCUT2D eigenvalue weighted by atomic mass is 35.5. The van der Waals surface area contributed by atoms with Crippen LogP contribution < -0.4 is 9.77 Å². The Bertz CT molecular complexity index is 1530. The molecule has 6 unspecified atom stereocenters. The number of hydrogen-bond donors (Lipinski definition) is 1. The number of halogens is 1. The van der Waals surface area contributed by atoms with Gasteiger partial charge in [0.25, 0.3) is 0 Å². The topological polar surface area (TPSA) is 96.5 Å². The number of anilines is 1. The Morgan fingerprint density at radius 2 is 1.71 bits per heavy atom. The number of carbonyl (C=O) groups is 3. The van der Waals surface area contributed by atoms with Crippen molar-refractivity contribution in [2.75, 3.05) is 11.5 Å². The maximum absolute atomic E-state index is 13.9. The van der Waals surface area contributed by atoms with E-state index in [2.05, 4.69) is 4.98 Å². The van der Waals surface area contributed by atoms with Crippen LogP contribution in [0.4, 0.5) is 5.69 Å². The largest absolute Gasteiger partial charge is 0.462 e.